The van der Waals surface area contributed by atoms with Gasteiger partial charge in [-0.3, -0.25) is 9.89 Å². The van der Waals surface area contributed by atoms with Crippen LogP contribution in [0.2, 0.25) is 0 Å². The van der Waals surface area contributed by atoms with Gasteiger partial charge < -0.3 is 20.0 Å². The molecule has 0 saturated carbocycles. The number of halogens is 1. The molecule has 0 unspecified atom stereocenters. The molecule has 0 aliphatic carbocycles. The third-order valence-electron chi connectivity index (χ3n) is 6.10. The monoisotopic (exact) mass is 540 g/mol. The molecule has 3 rings (SSSR count). The molecule has 2 saturated heterocycles. The van der Waals surface area contributed by atoms with Crippen molar-refractivity contribution in [3.05, 3.63) is 42.0 Å². The van der Waals surface area contributed by atoms with E-state index in [1.807, 2.05) is 7.05 Å². The van der Waals surface area contributed by atoms with Crippen LogP contribution in [0, 0.1) is 0 Å². The van der Waals surface area contributed by atoms with Crippen molar-refractivity contribution in [3.8, 4) is 0 Å². The zero-order valence-electron chi connectivity index (χ0n) is 19.4. The molecule has 0 atom stereocenters. The summed E-state index contributed by atoms with van der Waals surface area (Å²) in [7, 11) is 4.14. The molecule has 0 amide bonds. The van der Waals surface area contributed by atoms with Crippen LogP contribution < -0.4 is 5.32 Å². The fourth-order valence-corrected chi connectivity index (χ4v) is 4.20. The summed E-state index contributed by atoms with van der Waals surface area (Å²) < 4.78 is 0. The second kappa shape index (κ2) is 14.8. The van der Waals surface area contributed by atoms with E-state index < -0.39 is 0 Å². The van der Waals surface area contributed by atoms with E-state index in [2.05, 4.69) is 79.4 Å². The second-order valence-corrected chi connectivity index (χ2v) is 8.43. The van der Waals surface area contributed by atoms with Gasteiger partial charge >= 0.3 is 0 Å². The number of nitrogens with zero attached hydrogens (tertiary/aromatic N) is 5. The summed E-state index contributed by atoms with van der Waals surface area (Å²) in [6.07, 6.45) is 6.96. The van der Waals surface area contributed by atoms with Crippen molar-refractivity contribution in [2.24, 2.45) is 4.99 Å². The molecule has 7 heteroatoms. The van der Waals surface area contributed by atoms with Gasteiger partial charge in [-0.2, -0.15) is 0 Å². The summed E-state index contributed by atoms with van der Waals surface area (Å²) in [6, 6.07) is 10.5. The molecule has 1 aromatic rings. The third kappa shape index (κ3) is 9.47. The summed E-state index contributed by atoms with van der Waals surface area (Å²) in [4.78, 5) is 14.5. The molecular formula is C24H41IN6. The van der Waals surface area contributed by atoms with Gasteiger partial charge in [0.15, 0.2) is 5.96 Å². The first-order valence-electron chi connectivity index (χ1n) is 11.5. The lowest BCUT2D eigenvalue weighted by molar-refractivity contribution is 0.194. The van der Waals surface area contributed by atoms with Crippen LogP contribution in [0.15, 0.2) is 41.4 Å². The van der Waals surface area contributed by atoms with Crippen molar-refractivity contribution in [1.29, 1.82) is 0 Å². The van der Waals surface area contributed by atoms with Gasteiger partial charge in [-0.15, -0.1) is 24.0 Å². The molecule has 2 aliphatic heterocycles. The summed E-state index contributed by atoms with van der Waals surface area (Å²) in [5, 5.41) is 3.59. The molecule has 0 spiro atoms. The summed E-state index contributed by atoms with van der Waals surface area (Å²) in [6.45, 7) is 12.3. The number of nitrogens with one attached hydrogen (secondary N) is 1. The smallest absolute Gasteiger partial charge is 0.193 e. The molecule has 0 bridgehead atoms. The van der Waals surface area contributed by atoms with Crippen LogP contribution in [0.1, 0.15) is 18.4 Å². The van der Waals surface area contributed by atoms with E-state index in [0.29, 0.717) is 0 Å². The maximum atomic E-state index is 4.53. The maximum absolute atomic E-state index is 4.53. The Labute approximate surface area is 206 Å². The van der Waals surface area contributed by atoms with Gasteiger partial charge in [0.05, 0.1) is 0 Å². The normalized spacial score (nSPS) is 19.9. The number of piperazine rings is 1. The van der Waals surface area contributed by atoms with E-state index in [9.17, 15) is 0 Å². The van der Waals surface area contributed by atoms with Crippen LogP contribution in [-0.4, -0.2) is 112 Å². The van der Waals surface area contributed by atoms with Crippen molar-refractivity contribution >= 4 is 36.0 Å². The van der Waals surface area contributed by atoms with Crippen molar-refractivity contribution in [1.82, 2.24) is 24.9 Å². The number of rotatable bonds is 7. The van der Waals surface area contributed by atoms with Crippen molar-refractivity contribution < 1.29 is 0 Å². The van der Waals surface area contributed by atoms with E-state index >= 15 is 0 Å². The van der Waals surface area contributed by atoms with Crippen LogP contribution in [0.4, 0.5) is 0 Å². The van der Waals surface area contributed by atoms with Gasteiger partial charge in [-0.1, -0.05) is 42.5 Å². The average Bonchev–Trinajstić information content (AvgIpc) is 2.99. The Kier molecular flexibility index (Phi) is 12.5. The summed E-state index contributed by atoms with van der Waals surface area (Å²) >= 11 is 0. The van der Waals surface area contributed by atoms with E-state index in [1.54, 1.807) is 0 Å². The molecule has 2 aliphatic rings. The molecule has 2 heterocycles. The summed E-state index contributed by atoms with van der Waals surface area (Å²) in [5.41, 5.74) is 1.27. The highest BCUT2D eigenvalue weighted by molar-refractivity contribution is 14.0. The maximum Gasteiger partial charge on any atom is 0.193 e. The highest BCUT2D eigenvalue weighted by Crippen LogP contribution is 2.05. The van der Waals surface area contributed by atoms with Gasteiger partial charge in [-0.05, 0) is 45.1 Å². The lowest BCUT2D eigenvalue weighted by atomic mass is 10.2. The predicted molar refractivity (Wildman–Crippen MR) is 143 cm³/mol. The Hall–Kier alpha value is -1.16. The Morgan fingerprint density at radius 3 is 2.45 bits per heavy atom. The van der Waals surface area contributed by atoms with Crippen LogP contribution in [0.25, 0.3) is 6.08 Å². The Bertz CT molecular complexity index is 657. The largest absolute Gasteiger partial charge is 0.356 e. The average molecular weight is 541 g/mol. The minimum Gasteiger partial charge on any atom is -0.356 e. The Morgan fingerprint density at radius 2 is 1.71 bits per heavy atom. The first-order valence-corrected chi connectivity index (χ1v) is 11.5. The first-order chi connectivity index (χ1) is 14.7. The molecule has 2 fully saturated rings. The minimum atomic E-state index is 0. The number of aliphatic imine (C=N–C) groups is 1. The molecule has 0 aromatic heterocycles. The van der Waals surface area contributed by atoms with Gasteiger partial charge in [-0.25, -0.2) is 0 Å². The van der Waals surface area contributed by atoms with Gasteiger partial charge in [0.25, 0.3) is 0 Å². The predicted octanol–water partition coefficient (Wildman–Crippen LogP) is 2.54. The van der Waals surface area contributed by atoms with E-state index in [0.717, 1.165) is 45.2 Å². The number of likely N-dealkylation sites (N-methyl/N-ethyl adjacent to an activating group) is 1. The molecule has 1 aromatic carbocycles. The van der Waals surface area contributed by atoms with Crippen LogP contribution >= 0.6 is 24.0 Å². The SMILES string of the molecule is CN=C(NCCCN1CCCN(C)CC1)N1CCN(C/C=C/c2ccccc2)CC1.I. The molecule has 31 heavy (non-hydrogen) atoms. The second-order valence-electron chi connectivity index (χ2n) is 8.43. The van der Waals surface area contributed by atoms with Crippen molar-refractivity contribution in [3.63, 3.8) is 0 Å². The lowest BCUT2D eigenvalue weighted by Crippen LogP contribution is -2.52. The highest BCUT2D eigenvalue weighted by atomic mass is 127. The quantitative estimate of drug-likeness (QED) is 0.249. The zero-order chi connectivity index (χ0) is 21.0. The van der Waals surface area contributed by atoms with Gasteiger partial charge in [0.1, 0.15) is 0 Å². The van der Waals surface area contributed by atoms with Crippen LogP contribution in [-0.2, 0) is 0 Å². The van der Waals surface area contributed by atoms with E-state index in [1.165, 1.54) is 51.1 Å². The molecule has 6 nitrogen and oxygen atoms in total. The summed E-state index contributed by atoms with van der Waals surface area (Å²) in [5.74, 6) is 1.06. The standard InChI is InChI=1S/C24H40N6.HI/c1-25-24(26-12-7-15-28-16-8-13-27(2)17-18-28)30-21-19-29(20-22-30)14-6-11-23-9-4-3-5-10-23;/h3-6,9-11H,7-8,12-22H2,1-2H3,(H,25,26);1H/b11-6+;. The number of hydrogen-bond donors (Lipinski definition) is 1. The number of hydrogen-bond acceptors (Lipinski definition) is 4. The number of guanidine groups is 1. The van der Waals surface area contributed by atoms with E-state index in [4.69, 9.17) is 0 Å². The topological polar surface area (TPSA) is 37.4 Å². The molecule has 0 radical (unpaired) electrons. The molecule has 1 N–H and O–H groups in total. The van der Waals surface area contributed by atoms with Crippen LogP contribution in [0.5, 0.6) is 0 Å². The molecule has 174 valence electrons. The first kappa shape index (κ1) is 26.1. The van der Waals surface area contributed by atoms with Crippen LogP contribution in [0.3, 0.4) is 0 Å². The Balaban J connectivity index is 0.00000341. The fourth-order valence-electron chi connectivity index (χ4n) is 4.20. The molecular weight excluding hydrogens is 499 g/mol. The lowest BCUT2D eigenvalue weighted by Gasteiger charge is -2.36. The zero-order valence-corrected chi connectivity index (χ0v) is 21.7. The Morgan fingerprint density at radius 1 is 0.968 bits per heavy atom. The highest BCUT2D eigenvalue weighted by Gasteiger charge is 2.18. The number of benzene rings is 1. The van der Waals surface area contributed by atoms with Crippen molar-refractivity contribution in [2.75, 3.05) is 86.1 Å². The van der Waals surface area contributed by atoms with Crippen molar-refractivity contribution in [2.45, 2.75) is 12.8 Å². The third-order valence-corrected chi connectivity index (χ3v) is 6.10. The van der Waals surface area contributed by atoms with Gasteiger partial charge in [0.2, 0.25) is 0 Å². The minimum absolute atomic E-state index is 0. The van der Waals surface area contributed by atoms with Gasteiger partial charge in [0, 0.05) is 59.4 Å². The van der Waals surface area contributed by atoms with E-state index in [-0.39, 0.29) is 24.0 Å². The fraction of sp³-hybridized carbons (Fsp3) is 0.625.